The number of benzene rings is 2. The van der Waals surface area contributed by atoms with Gasteiger partial charge in [0.1, 0.15) is 12.4 Å². The number of fused-ring (bicyclic) bond motifs is 3. The highest BCUT2D eigenvalue weighted by Crippen LogP contribution is 2.45. The highest BCUT2D eigenvalue weighted by Gasteiger charge is 2.39. The van der Waals surface area contributed by atoms with Crippen LogP contribution in [0.15, 0.2) is 41.3 Å². The highest BCUT2D eigenvalue weighted by atomic mass is 32.2. The molecule has 144 valence electrons. The molecular weight excluding hydrogens is 390 g/mol. The SMILES string of the molecule is CCOC(=O)CN1c2ccc(C(F)(F)F)cc2-c2ccc(F)cc2S1(=O)=O. The van der Waals surface area contributed by atoms with Gasteiger partial charge < -0.3 is 4.74 Å². The van der Waals surface area contributed by atoms with Crippen molar-refractivity contribution in [3.8, 4) is 11.1 Å². The molecule has 0 unspecified atom stereocenters. The van der Waals surface area contributed by atoms with E-state index in [0.717, 1.165) is 30.3 Å². The Kier molecular flexibility index (Phi) is 4.62. The summed E-state index contributed by atoms with van der Waals surface area (Å²) < 4.78 is 84.0. The molecule has 3 rings (SSSR count). The predicted octanol–water partition coefficient (Wildman–Crippen LogP) is 3.58. The number of carbonyl (C=O) groups excluding carboxylic acids is 1. The highest BCUT2D eigenvalue weighted by molar-refractivity contribution is 7.93. The molecule has 0 amide bonds. The van der Waals surface area contributed by atoms with Crippen molar-refractivity contribution < 1.29 is 35.5 Å². The molecule has 2 aromatic rings. The van der Waals surface area contributed by atoms with Crippen molar-refractivity contribution in [3.05, 3.63) is 47.8 Å². The molecule has 27 heavy (non-hydrogen) atoms. The molecule has 2 aromatic carbocycles. The Labute approximate surface area is 152 Å². The number of esters is 1. The normalized spacial score (nSPS) is 15.1. The average Bonchev–Trinajstić information content (AvgIpc) is 2.58. The molecule has 1 heterocycles. The predicted molar refractivity (Wildman–Crippen MR) is 88.0 cm³/mol. The molecule has 0 N–H and O–H groups in total. The van der Waals surface area contributed by atoms with E-state index in [2.05, 4.69) is 0 Å². The third-order valence-corrected chi connectivity index (χ3v) is 5.77. The van der Waals surface area contributed by atoms with Crippen molar-refractivity contribution in [2.24, 2.45) is 0 Å². The van der Waals surface area contributed by atoms with Gasteiger partial charge in [-0.15, -0.1) is 0 Å². The number of ether oxygens (including phenoxy) is 1. The Hall–Kier alpha value is -2.62. The van der Waals surface area contributed by atoms with E-state index < -0.39 is 45.0 Å². The van der Waals surface area contributed by atoms with Crippen molar-refractivity contribution in [3.63, 3.8) is 0 Å². The molecule has 0 spiro atoms. The minimum Gasteiger partial charge on any atom is -0.465 e. The molecule has 1 aliphatic heterocycles. The van der Waals surface area contributed by atoms with E-state index in [-0.39, 0.29) is 23.4 Å². The number of nitrogens with zero attached hydrogens (tertiary/aromatic N) is 1. The van der Waals surface area contributed by atoms with Crippen LogP contribution < -0.4 is 4.31 Å². The summed E-state index contributed by atoms with van der Waals surface area (Å²) in [6, 6.07) is 5.25. The van der Waals surface area contributed by atoms with Crippen LogP contribution >= 0.6 is 0 Å². The molecule has 0 saturated carbocycles. The maximum atomic E-state index is 13.6. The molecule has 1 aliphatic rings. The van der Waals surface area contributed by atoms with Crippen LogP contribution in [0.25, 0.3) is 11.1 Å². The van der Waals surface area contributed by atoms with Crippen molar-refractivity contribution in [2.45, 2.75) is 18.0 Å². The van der Waals surface area contributed by atoms with Gasteiger partial charge in [0.15, 0.2) is 0 Å². The number of halogens is 4. The molecule has 0 bridgehead atoms. The summed E-state index contributed by atoms with van der Waals surface area (Å²) >= 11 is 0. The monoisotopic (exact) mass is 403 g/mol. The van der Waals surface area contributed by atoms with E-state index >= 15 is 0 Å². The number of sulfonamides is 1. The van der Waals surface area contributed by atoms with Crippen LogP contribution in [-0.2, 0) is 25.7 Å². The van der Waals surface area contributed by atoms with Crippen LogP contribution in [-0.4, -0.2) is 27.5 Å². The second kappa shape index (κ2) is 6.52. The van der Waals surface area contributed by atoms with Gasteiger partial charge in [0.2, 0.25) is 0 Å². The molecule has 0 fully saturated rings. The topological polar surface area (TPSA) is 63.7 Å². The quantitative estimate of drug-likeness (QED) is 0.581. The standard InChI is InChI=1S/C17H13F4NO4S/c1-2-26-16(23)9-22-14-6-3-10(17(19,20)21)7-13(14)12-5-4-11(18)8-15(12)27(22,24)25/h3-8H,2,9H2,1H3. The second-order valence-electron chi connectivity index (χ2n) is 5.69. The number of rotatable bonds is 3. The lowest BCUT2D eigenvalue weighted by molar-refractivity contribution is -0.141. The van der Waals surface area contributed by atoms with E-state index in [1.54, 1.807) is 0 Å². The number of alkyl halides is 3. The van der Waals surface area contributed by atoms with Crippen molar-refractivity contribution in [2.75, 3.05) is 17.5 Å². The average molecular weight is 403 g/mol. The van der Waals surface area contributed by atoms with Gasteiger partial charge in [-0.25, -0.2) is 12.8 Å². The first-order valence-electron chi connectivity index (χ1n) is 7.75. The number of anilines is 1. The van der Waals surface area contributed by atoms with Crippen LogP contribution in [0, 0.1) is 5.82 Å². The largest absolute Gasteiger partial charge is 0.465 e. The van der Waals surface area contributed by atoms with Crippen molar-refractivity contribution >= 4 is 21.7 Å². The number of carbonyl (C=O) groups is 1. The lowest BCUT2D eigenvalue weighted by atomic mass is 10.00. The lowest BCUT2D eigenvalue weighted by Crippen LogP contribution is -2.39. The summed E-state index contributed by atoms with van der Waals surface area (Å²) in [5.74, 6) is -1.75. The fraction of sp³-hybridized carbons (Fsp3) is 0.235. The summed E-state index contributed by atoms with van der Waals surface area (Å²) in [5, 5.41) is 0. The maximum Gasteiger partial charge on any atom is 0.416 e. The van der Waals surface area contributed by atoms with Gasteiger partial charge in [0.05, 0.1) is 22.8 Å². The Balaban J connectivity index is 2.26. The van der Waals surface area contributed by atoms with Gasteiger partial charge in [0, 0.05) is 11.1 Å². The van der Waals surface area contributed by atoms with E-state index in [1.165, 1.54) is 6.92 Å². The number of hydrogen-bond donors (Lipinski definition) is 0. The van der Waals surface area contributed by atoms with Crippen LogP contribution in [0.1, 0.15) is 12.5 Å². The molecular formula is C17H13F4NO4S. The molecule has 0 radical (unpaired) electrons. The Morgan fingerprint density at radius 3 is 2.44 bits per heavy atom. The molecule has 5 nitrogen and oxygen atoms in total. The summed E-state index contributed by atoms with van der Waals surface area (Å²) in [6.45, 7) is 0.777. The smallest absolute Gasteiger partial charge is 0.416 e. The summed E-state index contributed by atoms with van der Waals surface area (Å²) in [6.07, 6.45) is -4.66. The van der Waals surface area contributed by atoms with Crippen molar-refractivity contribution in [1.29, 1.82) is 0 Å². The van der Waals surface area contributed by atoms with Gasteiger partial charge in [-0.2, -0.15) is 13.2 Å². The first kappa shape index (κ1) is 19.2. The van der Waals surface area contributed by atoms with Gasteiger partial charge in [-0.05, 0) is 37.3 Å². The molecule has 0 saturated heterocycles. The summed E-state index contributed by atoms with van der Waals surface area (Å²) in [5.41, 5.74) is -1.25. The molecule has 10 heteroatoms. The Morgan fingerprint density at radius 1 is 1.11 bits per heavy atom. The first-order chi connectivity index (χ1) is 12.6. The van der Waals surface area contributed by atoms with Gasteiger partial charge in [0.25, 0.3) is 10.0 Å². The summed E-state index contributed by atoms with van der Waals surface area (Å²) in [7, 11) is -4.37. The van der Waals surface area contributed by atoms with Gasteiger partial charge in [-0.3, -0.25) is 9.10 Å². The van der Waals surface area contributed by atoms with Crippen molar-refractivity contribution in [1.82, 2.24) is 0 Å². The second-order valence-corrected chi connectivity index (χ2v) is 7.52. The summed E-state index contributed by atoms with van der Waals surface area (Å²) in [4.78, 5) is 11.3. The zero-order valence-corrected chi connectivity index (χ0v) is 14.7. The lowest BCUT2D eigenvalue weighted by Gasteiger charge is -2.31. The molecule has 0 aromatic heterocycles. The molecule has 0 aliphatic carbocycles. The minimum atomic E-state index is -4.66. The minimum absolute atomic E-state index is 0.00218. The van der Waals surface area contributed by atoms with Gasteiger partial charge >= 0.3 is 12.1 Å². The Bertz CT molecular complexity index is 1020. The molecule has 0 atom stereocenters. The van der Waals surface area contributed by atoms with Crippen LogP contribution in [0.3, 0.4) is 0 Å². The van der Waals surface area contributed by atoms with Crippen LogP contribution in [0.2, 0.25) is 0 Å². The van der Waals surface area contributed by atoms with Crippen LogP contribution in [0.4, 0.5) is 23.2 Å². The zero-order chi connectivity index (χ0) is 20.0. The zero-order valence-electron chi connectivity index (χ0n) is 13.9. The third-order valence-electron chi connectivity index (χ3n) is 3.97. The van der Waals surface area contributed by atoms with Gasteiger partial charge in [-0.1, -0.05) is 6.07 Å². The van der Waals surface area contributed by atoms with E-state index in [1.807, 2.05) is 0 Å². The van der Waals surface area contributed by atoms with E-state index in [0.29, 0.717) is 10.4 Å². The van der Waals surface area contributed by atoms with Crippen LogP contribution in [0.5, 0.6) is 0 Å². The van der Waals surface area contributed by atoms with E-state index in [9.17, 15) is 30.8 Å². The fourth-order valence-corrected chi connectivity index (χ4v) is 4.47. The number of hydrogen-bond acceptors (Lipinski definition) is 4. The third kappa shape index (κ3) is 3.36. The fourth-order valence-electron chi connectivity index (χ4n) is 2.82. The first-order valence-corrected chi connectivity index (χ1v) is 9.19. The Morgan fingerprint density at radius 2 is 1.81 bits per heavy atom. The maximum absolute atomic E-state index is 13.6. The van der Waals surface area contributed by atoms with E-state index in [4.69, 9.17) is 4.74 Å².